The van der Waals surface area contributed by atoms with Gasteiger partial charge in [-0.2, -0.15) is 0 Å². The first-order valence-corrected chi connectivity index (χ1v) is 6.76. The Morgan fingerprint density at radius 2 is 1.95 bits per heavy atom. The van der Waals surface area contributed by atoms with E-state index < -0.39 is 0 Å². The number of carbonyl (C=O) groups excluding carboxylic acids is 1. The number of rotatable bonds is 5. The molecule has 1 amide bonds. The Morgan fingerprint density at radius 1 is 1.09 bits per heavy atom. The van der Waals surface area contributed by atoms with Gasteiger partial charge in [-0.15, -0.1) is 0 Å². The number of amides is 1. The number of hydrogen-bond acceptors (Lipinski definition) is 5. The molecule has 0 aliphatic rings. The summed E-state index contributed by atoms with van der Waals surface area (Å²) in [6.45, 7) is 0.317. The number of hydrogen-bond donors (Lipinski definition) is 2. The second-order valence-corrected chi connectivity index (χ2v) is 4.54. The first-order chi connectivity index (χ1) is 10.8. The van der Waals surface area contributed by atoms with Crippen LogP contribution in [-0.2, 0) is 6.54 Å². The van der Waals surface area contributed by atoms with Crippen molar-refractivity contribution < 1.29 is 9.21 Å². The molecule has 0 aliphatic heterocycles. The van der Waals surface area contributed by atoms with Crippen LogP contribution in [-0.4, -0.2) is 15.9 Å². The largest absolute Gasteiger partial charge is 0.467 e. The third-order valence-corrected chi connectivity index (χ3v) is 2.95. The molecule has 0 unspecified atom stereocenters. The van der Waals surface area contributed by atoms with E-state index in [4.69, 9.17) is 4.42 Å². The highest BCUT2D eigenvalue weighted by atomic mass is 16.3. The fraction of sp³-hybridized carbons (Fsp3) is 0.0625. The van der Waals surface area contributed by atoms with Crippen molar-refractivity contribution in [3.63, 3.8) is 0 Å². The van der Waals surface area contributed by atoms with Gasteiger partial charge < -0.3 is 15.1 Å². The van der Waals surface area contributed by atoms with Crippen LogP contribution >= 0.6 is 0 Å². The number of anilines is 2. The van der Waals surface area contributed by atoms with E-state index >= 15 is 0 Å². The van der Waals surface area contributed by atoms with Crippen LogP contribution in [0.2, 0.25) is 0 Å². The van der Waals surface area contributed by atoms with Crippen molar-refractivity contribution in [2.75, 3.05) is 5.32 Å². The van der Waals surface area contributed by atoms with Gasteiger partial charge >= 0.3 is 0 Å². The topological polar surface area (TPSA) is 80.0 Å². The molecule has 0 saturated heterocycles. The van der Waals surface area contributed by atoms with E-state index in [-0.39, 0.29) is 5.91 Å². The van der Waals surface area contributed by atoms with Gasteiger partial charge in [0.1, 0.15) is 23.6 Å². The zero-order valence-electron chi connectivity index (χ0n) is 11.7. The quantitative estimate of drug-likeness (QED) is 0.756. The van der Waals surface area contributed by atoms with Gasteiger partial charge in [0.05, 0.1) is 12.8 Å². The third kappa shape index (κ3) is 3.49. The molecule has 0 bridgehead atoms. The monoisotopic (exact) mass is 294 g/mol. The van der Waals surface area contributed by atoms with Crippen LogP contribution < -0.4 is 10.6 Å². The van der Waals surface area contributed by atoms with E-state index in [1.54, 1.807) is 24.5 Å². The number of carbonyl (C=O) groups is 1. The Kier molecular flexibility index (Phi) is 4.10. The maximum Gasteiger partial charge on any atom is 0.270 e. The highest BCUT2D eigenvalue weighted by molar-refractivity contribution is 5.92. The zero-order chi connectivity index (χ0) is 15.2. The van der Waals surface area contributed by atoms with E-state index in [0.29, 0.717) is 23.8 Å². The number of nitrogens with zero attached hydrogens (tertiary/aromatic N) is 2. The second kappa shape index (κ2) is 6.53. The predicted octanol–water partition coefficient (Wildman–Crippen LogP) is 2.74. The van der Waals surface area contributed by atoms with Crippen molar-refractivity contribution in [3.05, 3.63) is 72.6 Å². The normalized spacial score (nSPS) is 10.2. The molecule has 2 N–H and O–H groups in total. The summed E-state index contributed by atoms with van der Waals surface area (Å²) < 4.78 is 5.16. The molecule has 110 valence electrons. The molecule has 2 heterocycles. The van der Waals surface area contributed by atoms with Crippen molar-refractivity contribution in [1.82, 2.24) is 15.3 Å². The summed E-state index contributed by atoms with van der Waals surface area (Å²) in [7, 11) is 0. The molecular weight excluding hydrogens is 280 g/mol. The number of aromatic nitrogens is 2. The molecule has 3 aromatic rings. The maximum absolute atomic E-state index is 12.1. The predicted molar refractivity (Wildman–Crippen MR) is 81.6 cm³/mol. The van der Waals surface area contributed by atoms with Crippen molar-refractivity contribution in [2.24, 2.45) is 0 Å². The molecule has 2 aromatic heterocycles. The van der Waals surface area contributed by atoms with Crippen molar-refractivity contribution in [1.29, 1.82) is 0 Å². The number of para-hydroxylation sites is 1. The fourth-order valence-electron chi connectivity index (χ4n) is 1.89. The minimum Gasteiger partial charge on any atom is -0.467 e. The van der Waals surface area contributed by atoms with Crippen LogP contribution in [0.1, 0.15) is 16.2 Å². The Hall–Kier alpha value is -3.15. The lowest BCUT2D eigenvalue weighted by atomic mass is 10.3. The van der Waals surface area contributed by atoms with Crippen LogP contribution in [0.5, 0.6) is 0 Å². The first kappa shape index (κ1) is 13.8. The summed E-state index contributed by atoms with van der Waals surface area (Å²) >= 11 is 0. The molecule has 3 rings (SSSR count). The summed E-state index contributed by atoms with van der Waals surface area (Å²) in [6.07, 6.45) is 2.92. The van der Waals surface area contributed by atoms with Crippen LogP contribution in [0.3, 0.4) is 0 Å². The van der Waals surface area contributed by atoms with Gasteiger partial charge in [0.2, 0.25) is 0 Å². The first-order valence-electron chi connectivity index (χ1n) is 6.76. The van der Waals surface area contributed by atoms with Crippen molar-refractivity contribution in [3.8, 4) is 0 Å². The molecule has 0 saturated carbocycles. The van der Waals surface area contributed by atoms with E-state index in [1.165, 1.54) is 6.33 Å². The van der Waals surface area contributed by atoms with Crippen molar-refractivity contribution >= 4 is 17.4 Å². The van der Waals surface area contributed by atoms with Gasteiger partial charge in [0.25, 0.3) is 5.91 Å². The molecule has 0 aliphatic carbocycles. The molecule has 1 aromatic carbocycles. The second-order valence-electron chi connectivity index (χ2n) is 4.54. The number of nitrogens with one attached hydrogen (secondary N) is 2. The van der Waals surface area contributed by atoms with Gasteiger partial charge in [-0.3, -0.25) is 4.79 Å². The molecule has 6 heteroatoms. The molecule has 0 fully saturated rings. The van der Waals surface area contributed by atoms with E-state index in [0.717, 1.165) is 5.69 Å². The number of furan rings is 1. The van der Waals surface area contributed by atoms with Gasteiger partial charge in [0, 0.05) is 11.8 Å². The summed E-state index contributed by atoms with van der Waals surface area (Å²) in [6, 6.07) is 14.8. The molecular formula is C16H14N4O2. The average molecular weight is 294 g/mol. The highest BCUT2D eigenvalue weighted by Gasteiger charge is 2.09. The average Bonchev–Trinajstić information content (AvgIpc) is 3.07. The van der Waals surface area contributed by atoms with Crippen LogP contribution in [0.15, 0.2) is 65.5 Å². The SMILES string of the molecule is O=C(NCc1ccco1)c1cc(Nc2ccccc2)ncn1. The van der Waals surface area contributed by atoms with Crippen LogP contribution in [0.25, 0.3) is 0 Å². The zero-order valence-corrected chi connectivity index (χ0v) is 11.7. The minimum absolute atomic E-state index is 0.282. The standard InChI is InChI=1S/C16H14N4O2/c21-16(17-10-13-7-4-8-22-13)14-9-15(19-11-18-14)20-12-5-2-1-3-6-12/h1-9,11H,10H2,(H,17,21)(H,18,19,20). The van der Waals surface area contributed by atoms with E-state index in [2.05, 4.69) is 20.6 Å². The maximum atomic E-state index is 12.1. The van der Waals surface area contributed by atoms with E-state index in [9.17, 15) is 4.79 Å². The lowest BCUT2D eigenvalue weighted by molar-refractivity contribution is 0.0943. The van der Waals surface area contributed by atoms with Crippen LogP contribution in [0.4, 0.5) is 11.5 Å². The third-order valence-electron chi connectivity index (χ3n) is 2.95. The van der Waals surface area contributed by atoms with Gasteiger partial charge in [0.15, 0.2) is 0 Å². The fourth-order valence-corrected chi connectivity index (χ4v) is 1.89. The minimum atomic E-state index is -0.282. The Balaban J connectivity index is 1.66. The van der Waals surface area contributed by atoms with Crippen molar-refractivity contribution in [2.45, 2.75) is 6.54 Å². The molecule has 0 spiro atoms. The molecule has 6 nitrogen and oxygen atoms in total. The lowest BCUT2D eigenvalue weighted by Crippen LogP contribution is -2.23. The van der Waals surface area contributed by atoms with Gasteiger partial charge in [-0.1, -0.05) is 18.2 Å². The summed E-state index contributed by atoms with van der Waals surface area (Å²) in [5.74, 6) is 0.962. The Morgan fingerprint density at radius 3 is 2.73 bits per heavy atom. The molecule has 0 radical (unpaired) electrons. The summed E-state index contributed by atoms with van der Waals surface area (Å²) in [5.41, 5.74) is 1.18. The Labute approximate surface area is 127 Å². The molecule has 22 heavy (non-hydrogen) atoms. The lowest BCUT2D eigenvalue weighted by Gasteiger charge is -2.07. The Bertz CT molecular complexity index is 742. The highest BCUT2D eigenvalue weighted by Crippen LogP contribution is 2.13. The number of benzene rings is 1. The van der Waals surface area contributed by atoms with Gasteiger partial charge in [-0.25, -0.2) is 9.97 Å². The summed E-state index contributed by atoms with van der Waals surface area (Å²) in [4.78, 5) is 20.2. The van der Waals surface area contributed by atoms with Gasteiger partial charge in [-0.05, 0) is 24.3 Å². The van der Waals surface area contributed by atoms with E-state index in [1.807, 2.05) is 30.3 Å². The smallest absolute Gasteiger partial charge is 0.270 e. The van der Waals surface area contributed by atoms with Crippen LogP contribution in [0, 0.1) is 0 Å². The molecule has 0 atom stereocenters. The summed E-state index contributed by atoms with van der Waals surface area (Å²) in [5, 5.41) is 5.86.